The molecule has 0 amide bonds. The summed E-state index contributed by atoms with van der Waals surface area (Å²) in [5.41, 5.74) is 3.20. The predicted octanol–water partition coefficient (Wildman–Crippen LogP) is 3.82. The minimum atomic E-state index is -0.425. The van der Waals surface area contributed by atoms with Gasteiger partial charge in [0, 0.05) is 10.9 Å². The van der Waals surface area contributed by atoms with Crippen LogP contribution in [0.1, 0.15) is 27.6 Å². The molecule has 0 atom stereocenters. The second-order valence-electron chi connectivity index (χ2n) is 5.02. The average molecular weight is 293 g/mol. The molecule has 22 heavy (non-hydrogen) atoms. The van der Waals surface area contributed by atoms with E-state index in [1.165, 1.54) is 14.0 Å². The lowest BCUT2D eigenvalue weighted by atomic mass is 10.0. The highest BCUT2D eigenvalue weighted by Gasteiger charge is 2.22. The van der Waals surface area contributed by atoms with Gasteiger partial charge in [-0.2, -0.15) is 0 Å². The second kappa shape index (κ2) is 5.48. The smallest absolute Gasteiger partial charge is 0.340 e. The maximum Gasteiger partial charge on any atom is 0.340 e. The van der Waals surface area contributed by atoms with Crippen LogP contribution in [-0.4, -0.2) is 23.8 Å². The number of aromatic nitrogens is 1. The number of methoxy groups -OCH3 is 1. The van der Waals surface area contributed by atoms with Gasteiger partial charge in [0.1, 0.15) is 0 Å². The molecule has 0 aliphatic rings. The Kier molecular flexibility index (Phi) is 3.51. The summed E-state index contributed by atoms with van der Waals surface area (Å²) in [6.45, 7) is 1.51. The van der Waals surface area contributed by atoms with Crippen LogP contribution in [0.2, 0.25) is 0 Å². The van der Waals surface area contributed by atoms with Crippen LogP contribution in [0.25, 0.3) is 22.2 Å². The van der Waals surface area contributed by atoms with E-state index in [-0.39, 0.29) is 5.78 Å². The van der Waals surface area contributed by atoms with E-state index in [2.05, 4.69) is 4.98 Å². The monoisotopic (exact) mass is 293 g/mol. The number of carbonyl (C=O) groups is 2. The second-order valence-corrected chi connectivity index (χ2v) is 5.02. The first-order valence-electron chi connectivity index (χ1n) is 6.93. The van der Waals surface area contributed by atoms with Crippen LogP contribution >= 0.6 is 0 Å². The summed E-state index contributed by atoms with van der Waals surface area (Å²) in [6.07, 6.45) is 0. The molecule has 0 saturated heterocycles. The molecule has 0 aliphatic carbocycles. The zero-order chi connectivity index (χ0) is 15.7. The van der Waals surface area contributed by atoms with Crippen LogP contribution in [-0.2, 0) is 4.74 Å². The predicted molar refractivity (Wildman–Crippen MR) is 85.1 cm³/mol. The van der Waals surface area contributed by atoms with Gasteiger partial charge in [0.2, 0.25) is 0 Å². The number of H-pyrrole nitrogens is 1. The molecule has 0 unspecified atom stereocenters. The summed E-state index contributed by atoms with van der Waals surface area (Å²) in [5.74, 6) is -0.478. The first kappa shape index (κ1) is 14.1. The highest BCUT2D eigenvalue weighted by Crippen LogP contribution is 2.32. The van der Waals surface area contributed by atoms with E-state index in [9.17, 15) is 9.59 Å². The zero-order valence-corrected chi connectivity index (χ0v) is 12.3. The Morgan fingerprint density at radius 2 is 1.73 bits per heavy atom. The standard InChI is InChI=1S/C18H15NO3/c1-11(20)13-9-6-10-14-15(18(21)22-2)16(19-17(13)14)12-7-4-3-5-8-12/h3-10,19H,1-2H3. The van der Waals surface area contributed by atoms with Gasteiger partial charge in [0.25, 0.3) is 0 Å². The van der Waals surface area contributed by atoms with E-state index in [0.717, 1.165) is 5.56 Å². The molecule has 1 heterocycles. The van der Waals surface area contributed by atoms with Gasteiger partial charge in [-0.1, -0.05) is 42.5 Å². The van der Waals surface area contributed by atoms with Crippen LogP contribution in [0.5, 0.6) is 0 Å². The molecule has 0 fully saturated rings. The van der Waals surface area contributed by atoms with Gasteiger partial charge in [-0.15, -0.1) is 0 Å². The molecule has 3 rings (SSSR count). The Balaban J connectivity index is 2.39. The highest BCUT2D eigenvalue weighted by atomic mass is 16.5. The van der Waals surface area contributed by atoms with Crippen molar-refractivity contribution in [3.8, 4) is 11.3 Å². The lowest BCUT2D eigenvalue weighted by Crippen LogP contribution is -2.02. The fourth-order valence-electron chi connectivity index (χ4n) is 2.65. The molecular formula is C18H15NO3. The van der Waals surface area contributed by atoms with Crippen molar-refractivity contribution in [3.05, 3.63) is 59.7 Å². The third-order valence-corrected chi connectivity index (χ3v) is 3.67. The maximum atomic E-state index is 12.2. The summed E-state index contributed by atoms with van der Waals surface area (Å²) < 4.78 is 4.92. The molecule has 0 bridgehead atoms. The number of Topliss-reactive ketones (excluding diaryl/α,β-unsaturated/α-hetero) is 1. The highest BCUT2D eigenvalue weighted by molar-refractivity contribution is 6.15. The normalized spacial score (nSPS) is 10.6. The molecule has 3 aromatic rings. The largest absolute Gasteiger partial charge is 0.465 e. The van der Waals surface area contributed by atoms with Gasteiger partial charge in [-0.05, 0) is 18.6 Å². The molecular weight excluding hydrogens is 278 g/mol. The fourth-order valence-corrected chi connectivity index (χ4v) is 2.65. The van der Waals surface area contributed by atoms with Crippen molar-refractivity contribution in [3.63, 3.8) is 0 Å². The third kappa shape index (κ3) is 2.19. The van der Waals surface area contributed by atoms with Crippen molar-refractivity contribution < 1.29 is 14.3 Å². The van der Waals surface area contributed by atoms with Gasteiger partial charge in [-0.3, -0.25) is 4.79 Å². The Morgan fingerprint density at radius 3 is 2.36 bits per heavy atom. The summed E-state index contributed by atoms with van der Waals surface area (Å²) in [6, 6.07) is 14.9. The number of fused-ring (bicyclic) bond motifs is 1. The van der Waals surface area contributed by atoms with Crippen LogP contribution in [0.15, 0.2) is 48.5 Å². The number of ether oxygens (including phenoxy) is 1. The molecule has 0 radical (unpaired) electrons. The molecule has 2 aromatic carbocycles. The minimum Gasteiger partial charge on any atom is -0.465 e. The number of aromatic amines is 1. The Morgan fingerprint density at radius 1 is 1.00 bits per heavy atom. The third-order valence-electron chi connectivity index (χ3n) is 3.67. The van der Waals surface area contributed by atoms with Crippen LogP contribution in [0.3, 0.4) is 0 Å². The number of hydrogen-bond acceptors (Lipinski definition) is 3. The van der Waals surface area contributed by atoms with Crippen molar-refractivity contribution >= 4 is 22.7 Å². The summed E-state index contributed by atoms with van der Waals surface area (Å²) in [5, 5.41) is 0.693. The average Bonchev–Trinajstić information content (AvgIpc) is 2.94. The van der Waals surface area contributed by atoms with Crippen molar-refractivity contribution in [1.29, 1.82) is 0 Å². The lowest BCUT2D eigenvalue weighted by Gasteiger charge is -2.03. The van der Waals surface area contributed by atoms with Gasteiger partial charge in [0.05, 0.1) is 23.9 Å². The number of nitrogens with one attached hydrogen (secondary N) is 1. The van der Waals surface area contributed by atoms with Crippen LogP contribution < -0.4 is 0 Å². The van der Waals surface area contributed by atoms with Gasteiger partial charge < -0.3 is 9.72 Å². The van der Waals surface area contributed by atoms with E-state index >= 15 is 0 Å². The molecule has 1 N–H and O–H groups in total. The number of benzene rings is 2. The van der Waals surface area contributed by atoms with Crippen molar-refractivity contribution in [2.75, 3.05) is 7.11 Å². The first-order chi connectivity index (χ1) is 10.6. The van der Waals surface area contributed by atoms with E-state index in [0.29, 0.717) is 27.7 Å². The Hall–Kier alpha value is -2.88. The van der Waals surface area contributed by atoms with Crippen molar-refractivity contribution in [2.24, 2.45) is 0 Å². The summed E-state index contributed by atoms with van der Waals surface area (Å²) in [7, 11) is 1.35. The topological polar surface area (TPSA) is 59.2 Å². The van der Waals surface area contributed by atoms with Crippen LogP contribution in [0.4, 0.5) is 0 Å². The maximum absolute atomic E-state index is 12.2. The van der Waals surface area contributed by atoms with Gasteiger partial charge in [0.15, 0.2) is 5.78 Å². The Bertz CT molecular complexity index is 863. The number of esters is 1. The molecule has 0 saturated carbocycles. The summed E-state index contributed by atoms with van der Waals surface area (Å²) >= 11 is 0. The van der Waals surface area contributed by atoms with Gasteiger partial charge in [-0.25, -0.2) is 4.79 Å². The van der Waals surface area contributed by atoms with Crippen molar-refractivity contribution in [1.82, 2.24) is 4.98 Å². The molecule has 0 spiro atoms. The minimum absolute atomic E-state index is 0.0529. The zero-order valence-electron chi connectivity index (χ0n) is 12.3. The number of rotatable bonds is 3. The quantitative estimate of drug-likeness (QED) is 0.590. The van der Waals surface area contributed by atoms with Crippen LogP contribution in [0, 0.1) is 0 Å². The lowest BCUT2D eigenvalue weighted by molar-refractivity contribution is 0.0603. The van der Waals surface area contributed by atoms with Crippen molar-refractivity contribution in [2.45, 2.75) is 6.92 Å². The molecule has 4 nitrogen and oxygen atoms in total. The SMILES string of the molecule is COC(=O)c1c(-c2ccccc2)[nH]c2c(C(C)=O)cccc12. The molecule has 110 valence electrons. The summed E-state index contributed by atoms with van der Waals surface area (Å²) in [4.78, 5) is 27.3. The number of para-hydroxylation sites is 1. The van der Waals surface area contributed by atoms with E-state index in [4.69, 9.17) is 4.74 Å². The number of hydrogen-bond donors (Lipinski definition) is 1. The number of carbonyl (C=O) groups excluding carboxylic acids is 2. The van der Waals surface area contributed by atoms with E-state index < -0.39 is 5.97 Å². The van der Waals surface area contributed by atoms with E-state index in [1.807, 2.05) is 36.4 Å². The Labute approximate surface area is 127 Å². The molecule has 0 aliphatic heterocycles. The van der Waals surface area contributed by atoms with Gasteiger partial charge >= 0.3 is 5.97 Å². The number of ketones is 1. The molecule has 1 aromatic heterocycles. The first-order valence-corrected chi connectivity index (χ1v) is 6.93. The molecule has 4 heteroatoms. The van der Waals surface area contributed by atoms with E-state index in [1.54, 1.807) is 12.1 Å². The fraction of sp³-hybridized carbons (Fsp3) is 0.111.